The van der Waals surface area contributed by atoms with Gasteiger partial charge in [0.05, 0.1) is 17.9 Å². The molecule has 4 heterocycles. The largest absolute Gasteiger partial charge is 0.419 e. The van der Waals surface area contributed by atoms with E-state index < -0.39 is 0 Å². The smallest absolute Gasteiger partial charge is 0.266 e. The van der Waals surface area contributed by atoms with Crippen LogP contribution in [0.5, 0.6) is 0 Å². The lowest BCUT2D eigenvalue weighted by Gasteiger charge is -2.26. The molecule has 0 fully saturated rings. The van der Waals surface area contributed by atoms with Gasteiger partial charge in [0.15, 0.2) is 0 Å². The Hall–Kier alpha value is -3.99. The minimum absolute atomic E-state index is 0.0486. The first-order chi connectivity index (χ1) is 16.2. The Labute approximate surface area is 189 Å². The van der Waals surface area contributed by atoms with Crippen LogP contribution >= 0.6 is 0 Å². The van der Waals surface area contributed by atoms with Crippen LogP contribution < -0.4 is 21.7 Å². The fraction of sp³-hybridized carbons (Fsp3) is 0.318. The van der Waals surface area contributed by atoms with Gasteiger partial charge in [-0.2, -0.15) is 5.53 Å². The quantitative estimate of drug-likeness (QED) is 0.445. The fourth-order valence-electron chi connectivity index (χ4n) is 4.47. The van der Waals surface area contributed by atoms with Gasteiger partial charge in [0.1, 0.15) is 12.1 Å². The molecule has 2 aromatic heterocycles. The van der Waals surface area contributed by atoms with Crippen LogP contribution in [0, 0.1) is 0 Å². The highest BCUT2D eigenvalue weighted by Crippen LogP contribution is 2.24. The predicted molar refractivity (Wildman–Crippen MR) is 118 cm³/mol. The Bertz CT molecular complexity index is 1210. The number of benzene rings is 1. The molecule has 6 rings (SSSR count). The van der Waals surface area contributed by atoms with Crippen molar-refractivity contribution < 1.29 is 9.21 Å². The number of nitrogens with one attached hydrogen (secondary N) is 4. The summed E-state index contributed by atoms with van der Waals surface area (Å²) >= 11 is 0. The van der Waals surface area contributed by atoms with Crippen LogP contribution in [0.15, 0.2) is 52.3 Å². The molecule has 0 unspecified atom stereocenters. The Morgan fingerprint density at radius 1 is 1.12 bits per heavy atom. The molecule has 0 saturated carbocycles. The van der Waals surface area contributed by atoms with Gasteiger partial charge in [-0.15, -0.1) is 10.2 Å². The minimum atomic E-state index is -0.0590. The average molecular weight is 445 g/mol. The van der Waals surface area contributed by atoms with Crippen LogP contribution in [-0.2, 0) is 24.1 Å². The molecule has 0 atom stereocenters. The van der Waals surface area contributed by atoms with E-state index in [1.165, 1.54) is 11.1 Å². The number of anilines is 1. The van der Waals surface area contributed by atoms with Crippen LogP contribution in [0.2, 0.25) is 0 Å². The first-order valence-corrected chi connectivity index (χ1v) is 11.0. The summed E-state index contributed by atoms with van der Waals surface area (Å²) in [5.74, 6) is 0.998. The van der Waals surface area contributed by atoms with E-state index in [1.807, 2.05) is 0 Å². The number of amides is 1. The lowest BCUT2D eigenvalue weighted by atomic mass is 10.1. The van der Waals surface area contributed by atoms with Gasteiger partial charge in [0.25, 0.3) is 5.89 Å². The van der Waals surface area contributed by atoms with Crippen molar-refractivity contribution in [3.63, 3.8) is 0 Å². The summed E-state index contributed by atoms with van der Waals surface area (Å²) in [7, 11) is 0. The molecule has 2 aliphatic heterocycles. The normalized spacial score (nSPS) is 17.4. The number of nitrogens with zero attached hydrogens (tertiary/aromatic N) is 5. The number of aromatic nitrogens is 4. The van der Waals surface area contributed by atoms with Gasteiger partial charge < -0.3 is 25.5 Å². The summed E-state index contributed by atoms with van der Waals surface area (Å²) < 4.78 is 5.75. The monoisotopic (exact) mass is 445 g/mol. The topological polar surface area (TPSA) is 133 Å². The third-order valence-corrected chi connectivity index (χ3v) is 6.15. The van der Waals surface area contributed by atoms with E-state index in [4.69, 9.17) is 4.42 Å². The molecule has 3 aromatic rings. The van der Waals surface area contributed by atoms with E-state index in [-0.39, 0.29) is 30.2 Å². The summed E-state index contributed by atoms with van der Waals surface area (Å²) in [6.07, 6.45) is 4.35. The third-order valence-electron chi connectivity index (χ3n) is 6.15. The zero-order valence-corrected chi connectivity index (χ0v) is 17.8. The molecule has 4 N–H and O–H groups in total. The summed E-state index contributed by atoms with van der Waals surface area (Å²) in [4.78, 5) is 23.4. The van der Waals surface area contributed by atoms with Gasteiger partial charge in [-0.25, -0.2) is 9.97 Å². The maximum Gasteiger partial charge on any atom is 0.266 e. The van der Waals surface area contributed by atoms with Gasteiger partial charge in [0, 0.05) is 25.2 Å². The average Bonchev–Trinajstić information content (AvgIpc) is 3.57. The van der Waals surface area contributed by atoms with E-state index in [0.717, 1.165) is 30.7 Å². The van der Waals surface area contributed by atoms with Crippen LogP contribution in [0.4, 0.5) is 5.95 Å². The summed E-state index contributed by atoms with van der Waals surface area (Å²) in [6.45, 7) is 1.15. The summed E-state index contributed by atoms with van der Waals surface area (Å²) in [6, 6.07) is 10.4. The van der Waals surface area contributed by atoms with Crippen molar-refractivity contribution in [3.8, 4) is 11.6 Å². The number of fused-ring (bicyclic) bond motifs is 1. The first kappa shape index (κ1) is 19.7. The molecule has 3 aliphatic rings. The highest BCUT2D eigenvalue weighted by Gasteiger charge is 2.27. The maximum atomic E-state index is 12.7. The molecule has 1 aliphatic carbocycles. The lowest BCUT2D eigenvalue weighted by molar-refractivity contribution is -0.130. The molecule has 0 bridgehead atoms. The SMILES string of the molecule is O=C(Cc1nnc(-c2ccnc(NC3Cc4ccccc4C3)n2)o1)N1CCC2=C(C1)NNN2. The van der Waals surface area contributed by atoms with E-state index in [2.05, 4.69) is 66.1 Å². The molecule has 0 saturated heterocycles. The Kier molecular flexibility index (Phi) is 4.87. The van der Waals surface area contributed by atoms with Crippen LogP contribution in [-0.4, -0.2) is 50.1 Å². The molecule has 0 spiro atoms. The van der Waals surface area contributed by atoms with Crippen molar-refractivity contribution in [2.75, 3.05) is 18.4 Å². The number of carbonyl (C=O) groups excluding carboxylic acids is 1. The molecule has 168 valence electrons. The molecule has 11 nitrogen and oxygen atoms in total. The molecule has 1 amide bonds. The van der Waals surface area contributed by atoms with Crippen molar-refractivity contribution in [2.45, 2.75) is 31.7 Å². The molecular weight excluding hydrogens is 422 g/mol. The Morgan fingerprint density at radius 3 is 2.79 bits per heavy atom. The molecule has 0 radical (unpaired) electrons. The summed E-state index contributed by atoms with van der Waals surface area (Å²) in [5.41, 5.74) is 14.2. The van der Waals surface area contributed by atoms with Crippen molar-refractivity contribution >= 4 is 11.9 Å². The number of rotatable bonds is 5. The van der Waals surface area contributed by atoms with Crippen LogP contribution in [0.3, 0.4) is 0 Å². The van der Waals surface area contributed by atoms with Crippen molar-refractivity contribution in [1.29, 1.82) is 0 Å². The zero-order chi connectivity index (χ0) is 22.2. The number of hydrogen-bond donors (Lipinski definition) is 4. The van der Waals surface area contributed by atoms with Gasteiger partial charge in [-0.1, -0.05) is 24.3 Å². The second kappa shape index (κ2) is 8.17. The molecule has 1 aromatic carbocycles. The first-order valence-electron chi connectivity index (χ1n) is 11.0. The number of hydrazine groups is 2. The van der Waals surface area contributed by atoms with Crippen LogP contribution in [0.1, 0.15) is 23.4 Å². The maximum absolute atomic E-state index is 12.7. The molecule has 11 heteroatoms. The van der Waals surface area contributed by atoms with E-state index in [9.17, 15) is 4.79 Å². The third kappa shape index (κ3) is 3.98. The van der Waals surface area contributed by atoms with E-state index >= 15 is 0 Å². The minimum Gasteiger partial charge on any atom is -0.419 e. The van der Waals surface area contributed by atoms with Crippen molar-refractivity contribution in [2.24, 2.45) is 0 Å². The van der Waals surface area contributed by atoms with E-state index in [1.54, 1.807) is 17.2 Å². The lowest BCUT2D eigenvalue weighted by Crippen LogP contribution is -2.40. The van der Waals surface area contributed by atoms with Gasteiger partial charge in [-0.05, 0) is 30.0 Å². The Balaban J connectivity index is 1.10. The van der Waals surface area contributed by atoms with Crippen molar-refractivity contribution in [3.05, 3.63) is 64.9 Å². The molecule has 33 heavy (non-hydrogen) atoms. The zero-order valence-electron chi connectivity index (χ0n) is 17.8. The van der Waals surface area contributed by atoms with E-state index in [0.29, 0.717) is 24.7 Å². The van der Waals surface area contributed by atoms with Gasteiger partial charge in [0.2, 0.25) is 17.7 Å². The van der Waals surface area contributed by atoms with Crippen molar-refractivity contribution in [1.82, 2.24) is 41.5 Å². The van der Waals surface area contributed by atoms with Gasteiger partial charge in [-0.3, -0.25) is 4.79 Å². The highest BCUT2D eigenvalue weighted by atomic mass is 16.4. The number of carbonyl (C=O) groups is 1. The second-order valence-electron chi connectivity index (χ2n) is 8.36. The number of hydrogen-bond acceptors (Lipinski definition) is 10. The Morgan fingerprint density at radius 2 is 1.94 bits per heavy atom. The highest BCUT2D eigenvalue weighted by molar-refractivity contribution is 5.78. The predicted octanol–water partition coefficient (Wildman–Crippen LogP) is 0.705. The standard InChI is InChI=1S/C22H23N9O2/c32-20(31-8-6-16-18(12-31)27-30-26-16)11-19-28-29-21(33-19)17-5-7-23-22(25-17)24-15-9-13-3-1-2-4-14(13)10-15/h1-5,7,15,26-27,30H,6,8-12H2,(H,23,24,25). The second-order valence-corrected chi connectivity index (χ2v) is 8.36. The van der Waals surface area contributed by atoms with Gasteiger partial charge >= 0.3 is 0 Å². The summed E-state index contributed by atoms with van der Waals surface area (Å²) in [5, 5.41) is 11.6. The fourth-order valence-corrected chi connectivity index (χ4v) is 4.47. The van der Waals surface area contributed by atoms with Crippen LogP contribution in [0.25, 0.3) is 11.6 Å². The molecular formula is C22H23N9O2.